The number of hydrogen-bond donors (Lipinski definition) is 1. The lowest BCUT2D eigenvalue weighted by atomic mass is 9.81. The van der Waals surface area contributed by atoms with Gasteiger partial charge < -0.3 is 10.0 Å². The van der Waals surface area contributed by atoms with Crippen LogP contribution in [0.4, 0.5) is 0 Å². The molecule has 1 N–H and O–H groups in total. The van der Waals surface area contributed by atoms with Crippen LogP contribution in [0.1, 0.15) is 30.6 Å². The van der Waals surface area contributed by atoms with Crippen LogP contribution < -0.4 is 0 Å². The molecule has 3 rings (SSSR count). The molecule has 2 nitrogen and oxygen atoms in total. The molecule has 0 aliphatic heterocycles. The van der Waals surface area contributed by atoms with Crippen LogP contribution in [-0.4, -0.2) is 30.1 Å². The average molecular weight is 275 g/mol. The Morgan fingerprint density at radius 2 is 1.89 bits per heavy atom. The zero-order valence-electron chi connectivity index (χ0n) is 11.6. The van der Waals surface area contributed by atoms with Gasteiger partial charge in [0, 0.05) is 15.6 Å². The first-order valence-electron chi connectivity index (χ1n) is 6.96. The van der Waals surface area contributed by atoms with Crippen molar-refractivity contribution in [3.8, 4) is 0 Å². The fourth-order valence-electron chi connectivity index (χ4n) is 3.05. The second kappa shape index (κ2) is 4.89. The lowest BCUT2D eigenvalue weighted by Gasteiger charge is -2.38. The summed E-state index contributed by atoms with van der Waals surface area (Å²) in [7, 11) is 4.27. The highest BCUT2D eigenvalue weighted by molar-refractivity contribution is 7.19. The third-order valence-corrected chi connectivity index (χ3v) is 5.71. The third-order valence-electron chi connectivity index (χ3n) is 4.40. The lowest BCUT2D eigenvalue weighted by Crippen LogP contribution is -2.38. The van der Waals surface area contributed by atoms with E-state index in [0.29, 0.717) is 6.04 Å². The van der Waals surface area contributed by atoms with E-state index in [0.717, 1.165) is 30.6 Å². The number of hydrogen-bond acceptors (Lipinski definition) is 3. The summed E-state index contributed by atoms with van der Waals surface area (Å²) < 4.78 is 1.28. The van der Waals surface area contributed by atoms with Crippen molar-refractivity contribution < 1.29 is 5.11 Å². The first-order valence-corrected chi connectivity index (χ1v) is 7.78. The van der Waals surface area contributed by atoms with E-state index in [4.69, 9.17) is 0 Å². The third kappa shape index (κ3) is 2.42. The summed E-state index contributed by atoms with van der Waals surface area (Å²) >= 11 is 1.75. The minimum absolute atomic E-state index is 0.601. The Bertz CT molecular complexity index is 534. The summed E-state index contributed by atoms with van der Waals surface area (Å²) in [5, 5.41) is 12.2. The normalized spacial score (nSPS) is 28.1. The van der Waals surface area contributed by atoms with Crippen molar-refractivity contribution in [3.05, 3.63) is 35.2 Å². The van der Waals surface area contributed by atoms with Gasteiger partial charge in [0.05, 0.1) is 5.60 Å². The smallest absolute Gasteiger partial charge is 0.0989 e. The summed E-state index contributed by atoms with van der Waals surface area (Å²) in [6.45, 7) is 0. The van der Waals surface area contributed by atoms with Gasteiger partial charge in [0.25, 0.3) is 0 Å². The highest BCUT2D eigenvalue weighted by atomic mass is 32.1. The van der Waals surface area contributed by atoms with Gasteiger partial charge in [-0.05, 0) is 57.3 Å². The van der Waals surface area contributed by atoms with Gasteiger partial charge in [0.2, 0.25) is 0 Å². The van der Waals surface area contributed by atoms with Crippen molar-refractivity contribution >= 4 is 21.4 Å². The molecule has 1 heterocycles. The van der Waals surface area contributed by atoms with Gasteiger partial charge in [0.15, 0.2) is 0 Å². The van der Waals surface area contributed by atoms with E-state index in [9.17, 15) is 5.11 Å². The number of nitrogens with zero attached hydrogens (tertiary/aromatic N) is 1. The van der Waals surface area contributed by atoms with Gasteiger partial charge >= 0.3 is 0 Å². The molecule has 1 saturated carbocycles. The fraction of sp³-hybridized carbons (Fsp3) is 0.500. The molecule has 0 bridgehead atoms. The number of rotatable bonds is 2. The van der Waals surface area contributed by atoms with Crippen molar-refractivity contribution in [2.45, 2.75) is 37.3 Å². The molecule has 0 unspecified atom stereocenters. The maximum Gasteiger partial charge on any atom is 0.0989 e. The quantitative estimate of drug-likeness (QED) is 0.905. The number of fused-ring (bicyclic) bond motifs is 1. The standard InChI is InChI=1S/C16H21NOS/c1-17(2)13-7-9-16(18,10-8-13)15-11-12-5-3-4-6-14(12)19-15/h3-6,11,13,18H,7-10H2,1-2H3. The topological polar surface area (TPSA) is 23.5 Å². The van der Waals surface area contributed by atoms with E-state index >= 15 is 0 Å². The minimum atomic E-state index is -0.601. The summed E-state index contributed by atoms with van der Waals surface area (Å²) in [6, 6.07) is 11.2. The molecule has 1 aromatic carbocycles. The molecule has 1 aliphatic rings. The Kier molecular flexibility index (Phi) is 3.37. The summed E-state index contributed by atoms with van der Waals surface area (Å²) in [4.78, 5) is 3.43. The molecule has 0 saturated heterocycles. The predicted octanol–water partition coefficient (Wildman–Crippen LogP) is 3.59. The molecule has 1 aromatic heterocycles. The first-order chi connectivity index (χ1) is 9.08. The fourth-order valence-corrected chi connectivity index (χ4v) is 4.26. The second-order valence-electron chi connectivity index (χ2n) is 5.87. The SMILES string of the molecule is CN(C)C1CCC(O)(c2cc3ccccc3s2)CC1. The van der Waals surface area contributed by atoms with Crippen molar-refractivity contribution in [3.63, 3.8) is 0 Å². The van der Waals surface area contributed by atoms with E-state index in [-0.39, 0.29) is 0 Å². The molecule has 0 atom stereocenters. The maximum absolute atomic E-state index is 10.9. The van der Waals surface area contributed by atoms with E-state index in [1.807, 2.05) is 0 Å². The van der Waals surface area contributed by atoms with E-state index in [1.165, 1.54) is 10.1 Å². The Labute approximate surface area is 118 Å². The molecule has 0 amide bonds. The van der Waals surface area contributed by atoms with Crippen LogP contribution in [0, 0.1) is 0 Å². The van der Waals surface area contributed by atoms with Crippen molar-refractivity contribution in [1.29, 1.82) is 0 Å². The summed E-state index contributed by atoms with van der Waals surface area (Å²) in [6.07, 6.45) is 3.92. The first kappa shape index (κ1) is 13.1. The van der Waals surface area contributed by atoms with Gasteiger partial charge in [-0.1, -0.05) is 18.2 Å². The van der Waals surface area contributed by atoms with Crippen molar-refractivity contribution in [1.82, 2.24) is 4.90 Å². The van der Waals surface area contributed by atoms with Crippen LogP contribution in [0.25, 0.3) is 10.1 Å². The van der Waals surface area contributed by atoms with Crippen LogP contribution >= 0.6 is 11.3 Å². The van der Waals surface area contributed by atoms with Gasteiger partial charge in [-0.3, -0.25) is 0 Å². The molecular formula is C16H21NOS. The van der Waals surface area contributed by atoms with Gasteiger partial charge in [-0.2, -0.15) is 0 Å². The Morgan fingerprint density at radius 3 is 2.53 bits per heavy atom. The van der Waals surface area contributed by atoms with Crippen LogP contribution in [-0.2, 0) is 5.60 Å². The highest BCUT2D eigenvalue weighted by Gasteiger charge is 2.36. The second-order valence-corrected chi connectivity index (χ2v) is 6.96. The van der Waals surface area contributed by atoms with E-state index in [2.05, 4.69) is 49.3 Å². The van der Waals surface area contributed by atoms with E-state index < -0.39 is 5.60 Å². The Morgan fingerprint density at radius 1 is 1.21 bits per heavy atom. The van der Waals surface area contributed by atoms with Gasteiger partial charge in [-0.25, -0.2) is 0 Å². The molecular weight excluding hydrogens is 254 g/mol. The number of benzene rings is 1. The summed E-state index contributed by atoms with van der Waals surface area (Å²) in [5.74, 6) is 0. The number of aliphatic hydroxyl groups is 1. The van der Waals surface area contributed by atoms with Crippen molar-refractivity contribution in [2.24, 2.45) is 0 Å². The Balaban J connectivity index is 1.85. The highest BCUT2D eigenvalue weighted by Crippen LogP contribution is 2.42. The maximum atomic E-state index is 10.9. The molecule has 1 aliphatic carbocycles. The zero-order valence-corrected chi connectivity index (χ0v) is 12.4. The molecule has 102 valence electrons. The van der Waals surface area contributed by atoms with Crippen LogP contribution in [0.2, 0.25) is 0 Å². The molecule has 19 heavy (non-hydrogen) atoms. The average Bonchev–Trinajstić information content (AvgIpc) is 2.83. The molecule has 0 radical (unpaired) electrons. The molecule has 2 aromatic rings. The van der Waals surface area contributed by atoms with Gasteiger partial charge in [0.1, 0.15) is 0 Å². The molecule has 3 heteroatoms. The number of thiophene rings is 1. The van der Waals surface area contributed by atoms with Crippen LogP contribution in [0.3, 0.4) is 0 Å². The minimum Gasteiger partial charge on any atom is -0.384 e. The Hall–Kier alpha value is -0.900. The van der Waals surface area contributed by atoms with Crippen molar-refractivity contribution in [2.75, 3.05) is 14.1 Å². The van der Waals surface area contributed by atoms with E-state index in [1.54, 1.807) is 11.3 Å². The summed E-state index contributed by atoms with van der Waals surface area (Å²) in [5.41, 5.74) is -0.601. The predicted molar refractivity (Wildman–Crippen MR) is 81.7 cm³/mol. The van der Waals surface area contributed by atoms with Crippen LogP contribution in [0.15, 0.2) is 30.3 Å². The lowest BCUT2D eigenvalue weighted by molar-refractivity contribution is -0.0159. The van der Waals surface area contributed by atoms with Gasteiger partial charge in [-0.15, -0.1) is 11.3 Å². The largest absolute Gasteiger partial charge is 0.384 e. The molecule has 1 fully saturated rings. The molecule has 0 spiro atoms. The monoisotopic (exact) mass is 275 g/mol. The van der Waals surface area contributed by atoms with Crippen LogP contribution in [0.5, 0.6) is 0 Å². The zero-order chi connectivity index (χ0) is 13.5.